The summed E-state index contributed by atoms with van der Waals surface area (Å²) in [6, 6.07) is 6.49. The van der Waals surface area contributed by atoms with Gasteiger partial charge in [0.1, 0.15) is 5.69 Å². The van der Waals surface area contributed by atoms with Gasteiger partial charge in [0.15, 0.2) is 9.84 Å². The zero-order valence-corrected chi connectivity index (χ0v) is 13.2. The predicted molar refractivity (Wildman–Crippen MR) is 76.9 cm³/mol. The van der Waals surface area contributed by atoms with E-state index < -0.39 is 15.9 Å². The number of aryl methyl sites for hydroxylation is 1. The van der Waals surface area contributed by atoms with Crippen molar-refractivity contribution in [3.63, 3.8) is 0 Å². The molecule has 2 aromatic rings. The third kappa shape index (κ3) is 3.65. The van der Waals surface area contributed by atoms with Crippen molar-refractivity contribution in [1.29, 1.82) is 0 Å². The molecule has 0 spiro atoms. The standard InChI is InChI=1S/C12H14BrN3O3S/c1-9(17)12-8-16(15-14-12)6-7-20(18,19)11-4-2-10(13)3-5-11/h2-5,8-9,17H,6-7H2,1H3. The summed E-state index contributed by atoms with van der Waals surface area (Å²) in [6.07, 6.45) is 0.828. The van der Waals surface area contributed by atoms with Crippen molar-refractivity contribution in [3.05, 3.63) is 40.6 Å². The quantitative estimate of drug-likeness (QED) is 0.875. The number of halogens is 1. The molecular formula is C12H14BrN3O3S. The molecule has 20 heavy (non-hydrogen) atoms. The second-order valence-corrected chi connectivity index (χ2v) is 7.38. The monoisotopic (exact) mass is 359 g/mol. The van der Waals surface area contributed by atoms with E-state index in [-0.39, 0.29) is 17.2 Å². The zero-order valence-electron chi connectivity index (χ0n) is 10.8. The van der Waals surface area contributed by atoms with Crippen molar-refractivity contribution in [2.24, 2.45) is 0 Å². The molecular weight excluding hydrogens is 346 g/mol. The summed E-state index contributed by atoms with van der Waals surface area (Å²) in [5.74, 6) is -0.0722. The first-order valence-electron chi connectivity index (χ1n) is 5.95. The molecule has 1 heterocycles. The van der Waals surface area contributed by atoms with Crippen LogP contribution in [0.2, 0.25) is 0 Å². The van der Waals surface area contributed by atoms with Gasteiger partial charge in [-0.3, -0.25) is 4.68 Å². The maximum atomic E-state index is 12.1. The summed E-state index contributed by atoms with van der Waals surface area (Å²) in [5, 5.41) is 16.9. The van der Waals surface area contributed by atoms with E-state index in [2.05, 4.69) is 26.2 Å². The summed E-state index contributed by atoms with van der Waals surface area (Å²) >= 11 is 3.26. The first kappa shape index (κ1) is 15.1. The van der Waals surface area contributed by atoms with Gasteiger partial charge in [0.2, 0.25) is 0 Å². The second-order valence-electron chi connectivity index (χ2n) is 4.36. The van der Waals surface area contributed by atoms with E-state index in [1.807, 2.05) is 0 Å². The fourth-order valence-electron chi connectivity index (χ4n) is 1.59. The summed E-state index contributed by atoms with van der Waals surface area (Å²) in [4.78, 5) is 0.275. The van der Waals surface area contributed by atoms with E-state index in [4.69, 9.17) is 0 Å². The smallest absolute Gasteiger partial charge is 0.180 e. The van der Waals surface area contributed by atoms with Crippen LogP contribution in [0.15, 0.2) is 39.8 Å². The molecule has 1 aromatic heterocycles. The molecule has 0 aliphatic rings. The number of benzene rings is 1. The molecule has 6 nitrogen and oxygen atoms in total. The Bertz CT molecular complexity index is 680. The normalized spacial score (nSPS) is 13.3. The molecule has 1 atom stereocenters. The van der Waals surface area contributed by atoms with Crippen LogP contribution in [0.25, 0.3) is 0 Å². The molecule has 0 saturated heterocycles. The first-order chi connectivity index (χ1) is 9.38. The van der Waals surface area contributed by atoms with Gasteiger partial charge < -0.3 is 5.11 Å². The topological polar surface area (TPSA) is 85.1 Å². The average Bonchev–Trinajstić information content (AvgIpc) is 2.86. The zero-order chi connectivity index (χ0) is 14.8. The molecule has 2 rings (SSSR count). The van der Waals surface area contributed by atoms with Crippen LogP contribution in [0.1, 0.15) is 18.7 Å². The Hall–Kier alpha value is -1.25. The van der Waals surface area contributed by atoms with Gasteiger partial charge >= 0.3 is 0 Å². The van der Waals surface area contributed by atoms with Crippen LogP contribution in [0.4, 0.5) is 0 Å². The minimum absolute atomic E-state index is 0.0722. The average molecular weight is 360 g/mol. The molecule has 0 radical (unpaired) electrons. The molecule has 1 aromatic carbocycles. The number of aliphatic hydroxyl groups is 1. The summed E-state index contributed by atoms with van der Waals surface area (Å²) < 4.78 is 26.5. The van der Waals surface area contributed by atoms with Crippen molar-refractivity contribution >= 4 is 25.8 Å². The lowest BCUT2D eigenvalue weighted by Crippen LogP contribution is -2.13. The van der Waals surface area contributed by atoms with E-state index >= 15 is 0 Å². The highest BCUT2D eigenvalue weighted by molar-refractivity contribution is 9.10. The third-order valence-corrected chi connectivity index (χ3v) is 4.99. The molecule has 0 amide bonds. The van der Waals surface area contributed by atoms with Crippen LogP contribution in [-0.4, -0.2) is 34.3 Å². The number of hydrogen-bond donors (Lipinski definition) is 1. The van der Waals surface area contributed by atoms with Gasteiger partial charge in [-0.25, -0.2) is 8.42 Å². The van der Waals surface area contributed by atoms with Crippen LogP contribution in [0.3, 0.4) is 0 Å². The number of sulfone groups is 1. The molecule has 0 saturated carbocycles. The number of aromatic nitrogens is 3. The first-order valence-corrected chi connectivity index (χ1v) is 8.39. The molecule has 8 heteroatoms. The van der Waals surface area contributed by atoms with Crippen LogP contribution >= 0.6 is 15.9 Å². The van der Waals surface area contributed by atoms with Crippen molar-refractivity contribution < 1.29 is 13.5 Å². The Morgan fingerprint density at radius 2 is 2.00 bits per heavy atom. The maximum absolute atomic E-state index is 12.1. The van der Waals surface area contributed by atoms with E-state index in [1.54, 1.807) is 37.4 Å². The van der Waals surface area contributed by atoms with Crippen molar-refractivity contribution in [2.75, 3.05) is 5.75 Å². The van der Waals surface area contributed by atoms with Gasteiger partial charge in [-0.1, -0.05) is 21.1 Å². The fraction of sp³-hybridized carbons (Fsp3) is 0.333. The Kier molecular flexibility index (Phi) is 4.56. The Morgan fingerprint density at radius 3 is 2.55 bits per heavy atom. The number of aliphatic hydroxyl groups excluding tert-OH is 1. The second kappa shape index (κ2) is 6.02. The molecule has 0 aliphatic heterocycles. The lowest BCUT2D eigenvalue weighted by Gasteiger charge is -2.04. The fourth-order valence-corrected chi connectivity index (χ4v) is 3.07. The number of rotatable bonds is 5. The van der Waals surface area contributed by atoms with Gasteiger partial charge in [0, 0.05) is 4.47 Å². The van der Waals surface area contributed by atoms with Crippen molar-refractivity contribution in [2.45, 2.75) is 24.5 Å². The summed E-state index contributed by atoms with van der Waals surface area (Å²) in [5.41, 5.74) is 0.422. The number of nitrogens with zero attached hydrogens (tertiary/aromatic N) is 3. The van der Waals surface area contributed by atoms with Crippen molar-refractivity contribution in [1.82, 2.24) is 15.0 Å². The van der Waals surface area contributed by atoms with Gasteiger partial charge in [-0.15, -0.1) is 5.10 Å². The van der Waals surface area contributed by atoms with Gasteiger partial charge in [-0.05, 0) is 31.2 Å². The minimum atomic E-state index is -3.36. The maximum Gasteiger partial charge on any atom is 0.180 e. The Labute approximate surface area is 125 Å². The third-order valence-electron chi connectivity index (χ3n) is 2.75. The van der Waals surface area contributed by atoms with Crippen LogP contribution in [0, 0.1) is 0 Å². The molecule has 1 unspecified atom stereocenters. The Morgan fingerprint density at radius 1 is 1.35 bits per heavy atom. The van der Waals surface area contributed by atoms with Gasteiger partial charge in [0.05, 0.1) is 29.5 Å². The van der Waals surface area contributed by atoms with Crippen molar-refractivity contribution in [3.8, 4) is 0 Å². The van der Waals surface area contributed by atoms with Gasteiger partial charge in [0.25, 0.3) is 0 Å². The summed E-state index contributed by atoms with van der Waals surface area (Å²) in [7, 11) is -3.36. The molecule has 0 bridgehead atoms. The molecule has 108 valence electrons. The molecule has 0 aliphatic carbocycles. The minimum Gasteiger partial charge on any atom is -0.387 e. The highest BCUT2D eigenvalue weighted by atomic mass is 79.9. The van der Waals surface area contributed by atoms with Crippen LogP contribution in [-0.2, 0) is 16.4 Å². The van der Waals surface area contributed by atoms with Crippen LogP contribution < -0.4 is 0 Å². The van der Waals surface area contributed by atoms with E-state index in [9.17, 15) is 13.5 Å². The van der Waals surface area contributed by atoms with E-state index in [1.165, 1.54) is 4.68 Å². The van der Waals surface area contributed by atoms with E-state index in [0.717, 1.165) is 4.47 Å². The lowest BCUT2D eigenvalue weighted by atomic mass is 10.3. The van der Waals surface area contributed by atoms with Crippen LogP contribution in [0.5, 0.6) is 0 Å². The molecule has 0 fully saturated rings. The predicted octanol–water partition coefficient (Wildman–Crippen LogP) is 1.57. The summed E-state index contributed by atoms with van der Waals surface area (Å²) in [6.45, 7) is 1.77. The lowest BCUT2D eigenvalue weighted by molar-refractivity contribution is 0.194. The Balaban J connectivity index is 2.07. The van der Waals surface area contributed by atoms with E-state index in [0.29, 0.717) is 5.69 Å². The number of hydrogen-bond acceptors (Lipinski definition) is 5. The highest BCUT2D eigenvalue weighted by Crippen LogP contribution is 2.16. The SMILES string of the molecule is CC(O)c1cn(CCS(=O)(=O)c2ccc(Br)cc2)nn1. The largest absolute Gasteiger partial charge is 0.387 e. The highest BCUT2D eigenvalue weighted by Gasteiger charge is 2.15. The molecule has 1 N–H and O–H groups in total. The van der Waals surface area contributed by atoms with Gasteiger partial charge in [-0.2, -0.15) is 0 Å².